The summed E-state index contributed by atoms with van der Waals surface area (Å²) in [5.41, 5.74) is -0.00424. The van der Waals surface area contributed by atoms with Crippen LogP contribution in [0.2, 0.25) is 0 Å². The van der Waals surface area contributed by atoms with Gasteiger partial charge in [0.25, 0.3) is 11.5 Å². The molecule has 1 amide bonds. The number of ether oxygens (including phenoxy) is 1. The number of hydrogen-bond donors (Lipinski definition) is 2. The minimum atomic E-state index is -0.533. The van der Waals surface area contributed by atoms with E-state index in [1.54, 1.807) is 14.0 Å². The van der Waals surface area contributed by atoms with Gasteiger partial charge in [-0.15, -0.1) is 0 Å². The van der Waals surface area contributed by atoms with E-state index in [1.807, 2.05) is 0 Å². The summed E-state index contributed by atoms with van der Waals surface area (Å²) in [7, 11) is 1.66. The van der Waals surface area contributed by atoms with Crippen molar-refractivity contribution in [3.8, 4) is 5.75 Å². The molecule has 1 aliphatic heterocycles. The van der Waals surface area contributed by atoms with Crippen molar-refractivity contribution in [2.75, 3.05) is 25.0 Å². The van der Waals surface area contributed by atoms with E-state index in [4.69, 9.17) is 9.26 Å². The molecule has 1 saturated heterocycles. The number of anilines is 1. The molecule has 9 heteroatoms. The lowest BCUT2D eigenvalue weighted by molar-refractivity contribution is 0.101. The fourth-order valence-corrected chi connectivity index (χ4v) is 2.92. The van der Waals surface area contributed by atoms with Crippen LogP contribution in [0, 0.1) is 0 Å². The van der Waals surface area contributed by atoms with Crippen LogP contribution in [0.4, 0.5) is 5.69 Å². The molecule has 0 aromatic carbocycles. The molecule has 2 aromatic rings. The number of amides is 1. The highest BCUT2D eigenvalue weighted by Crippen LogP contribution is 2.23. The molecule has 134 valence electrons. The van der Waals surface area contributed by atoms with Gasteiger partial charge in [0.2, 0.25) is 5.75 Å². The van der Waals surface area contributed by atoms with Crippen LogP contribution in [-0.4, -0.2) is 40.3 Å². The average Bonchev–Trinajstić information content (AvgIpc) is 3.13. The van der Waals surface area contributed by atoms with Gasteiger partial charge in [-0.3, -0.25) is 14.2 Å². The van der Waals surface area contributed by atoms with E-state index in [2.05, 4.69) is 20.8 Å². The van der Waals surface area contributed by atoms with Crippen molar-refractivity contribution in [1.29, 1.82) is 0 Å². The Balaban J connectivity index is 2.02. The summed E-state index contributed by atoms with van der Waals surface area (Å²) in [5.74, 6) is 0.0706. The molecule has 3 rings (SSSR count). The number of nitrogens with one attached hydrogen (secondary N) is 2. The summed E-state index contributed by atoms with van der Waals surface area (Å²) < 4.78 is 11.6. The van der Waals surface area contributed by atoms with Crippen molar-refractivity contribution >= 4 is 11.6 Å². The lowest BCUT2D eigenvalue weighted by Crippen LogP contribution is -2.35. The maximum absolute atomic E-state index is 12.7. The molecule has 3 heterocycles. The first-order valence-electron chi connectivity index (χ1n) is 8.27. The van der Waals surface area contributed by atoms with Crippen LogP contribution in [-0.2, 0) is 7.05 Å². The molecule has 0 bridgehead atoms. The van der Waals surface area contributed by atoms with Crippen LogP contribution in [0.3, 0.4) is 0 Å². The number of nitrogens with zero attached hydrogens (tertiary/aromatic N) is 3. The van der Waals surface area contributed by atoms with E-state index < -0.39 is 5.91 Å². The second-order valence-corrected chi connectivity index (χ2v) is 5.86. The quantitative estimate of drug-likeness (QED) is 0.826. The highest BCUT2D eigenvalue weighted by molar-refractivity contribution is 6.04. The largest absolute Gasteiger partial charge is 0.486 e. The first-order valence-corrected chi connectivity index (χ1v) is 8.27. The Kier molecular flexibility index (Phi) is 5.13. The lowest BCUT2D eigenvalue weighted by atomic mass is 9.98. The van der Waals surface area contributed by atoms with Gasteiger partial charge in [0.05, 0.1) is 12.8 Å². The summed E-state index contributed by atoms with van der Waals surface area (Å²) in [6.07, 6.45) is 4.57. The van der Waals surface area contributed by atoms with Gasteiger partial charge in [-0.1, -0.05) is 5.16 Å². The number of carbonyl (C=O) groups excluding carboxylic acids is 1. The molecule has 9 nitrogen and oxygen atoms in total. The van der Waals surface area contributed by atoms with E-state index in [1.165, 1.54) is 17.0 Å². The summed E-state index contributed by atoms with van der Waals surface area (Å²) in [6.45, 7) is 3.68. The highest BCUT2D eigenvalue weighted by atomic mass is 16.5. The van der Waals surface area contributed by atoms with Crippen LogP contribution < -0.4 is 20.9 Å². The minimum Gasteiger partial charge on any atom is -0.486 e. The zero-order chi connectivity index (χ0) is 17.8. The van der Waals surface area contributed by atoms with E-state index in [0.29, 0.717) is 11.5 Å². The van der Waals surface area contributed by atoms with E-state index in [0.717, 1.165) is 25.9 Å². The summed E-state index contributed by atoms with van der Waals surface area (Å²) in [5, 5.41) is 9.44. The molecular formula is C16H21N5O4. The molecular weight excluding hydrogens is 326 g/mol. The second-order valence-electron chi connectivity index (χ2n) is 5.86. The highest BCUT2D eigenvalue weighted by Gasteiger charge is 2.26. The number of rotatable bonds is 5. The number of carbonyl (C=O) groups is 1. The predicted molar refractivity (Wildman–Crippen MR) is 89.9 cm³/mol. The zero-order valence-corrected chi connectivity index (χ0v) is 14.2. The van der Waals surface area contributed by atoms with Gasteiger partial charge < -0.3 is 19.9 Å². The van der Waals surface area contributed by atoms with Gasteiger partial charge in [-0.25, -0.2) is 4.98 Å². The topological polar surface area (TPSA) is 111 Å². The Morgan fingerprint density at radius 1 is 1.56 bits per heavy atom. The monoisotopic (exact) mass is 347 g/mol. The molecule has 0 aliphatic carbocycles. The van der Waals surface area contributed by atoms with Crippen LogP contribution in [0.1, 0.15) is 42.0 Å². The molecule has 0 saturated carbocycles. The van der Waals surface area contributed by atoms with Crippen molar-refractivity contribution in [3.63, 3.8) is 0 Å². The molecule has 25 heavy (non-hydrogen) atoms. The van der Waals surface area contributed by atoms with Crippen LogP contribution in [0.5, 0.6) is 5.75 Å². The van der Waals surface area contributed by atoms with Crippen molar-refractivity contribution in [2.24, 2.45) is 7.05 Å². The fraction of sp³-hybridized carbons (Fsp3) is 0.500. The van der Waals surface area contributed by atoms with Gasteiger partial charge in [0, 0.05) is 19.5 Å². The summed E-state index contributed by atoms with van der Waals surface area (Å²) in [4.78, 5) is 29.8. The first kappa shape index (κ1) is 17.2. The molecule has 0 spiro atoms. The van der Waals surface area contributed by atoms with Crippen LogP contribution in [0.15, 0.2) is 21.8 Å². The van der Waals surface area contributed by atoms with E-state index in [-0.39, 0.29) is 29.5 Å². The number of piperidine rings is 1. The lowest BCUT2D eigenvalue weighted by Gasteiger charge is -2.24. The van der Waals surface area contributed by atoms with Crippen molar-refractivity contribution in [2.45, 2.75) is 25.7 Å². The zero-order valence-electron chi connectivity index (χ0n) is 14.2. The molecule has 2 aromatic heterocycles. The third kappa shape index (κ3) is 3.55. The van der Waals surface area contributed by atoms with Crippen molar-refractivity contribution in [1.82, 2.24) is 20.0 Å². The number of aromatic nitrogens is 3. The molecule has 0 radical (unpaired) electrons. The van der Waals surface area contributed by atoms with E-state index in [9.17, 15) is 9.59 Å². The third-order valence-corrected chi connectivity index (χ3v) is 4.14. The molecule has 0 unspecified atom stereocenters. The smallest absolute Gasteiger partial charge is 0.296 e. The predicted octanol–water partition coefficient (Wildman–Crippen LogP) is 0.886. The average molecular weight is 347 g/mol. The Morgan fingerprint density at radius 2 is 2.40 bits per heavy atom. The molecule has 1 aliphatic rings. The Bertz CT molecular complexity index is 794. The third-order valence-electron chi connectivity index (χ3n) is 4.14. The fourth-order valence-electron chi connectivity index (χ4n) is 2.92. The Hall–Kier alpha value is -2.68. The van der Waals surface area contributed by atoms with Gasteiger partial charge in [-0.05, 0) is 26.3 Å². The Labute approximate surface area is 144 Å². The molecule has 2 N–H and O–H groups in total. The molecule has 1 fully saturated rings. The SMILES string of the molecule is CCOc1c(C(=O)Nc2cnoc2)nc([C@@H]2CCCNC2)n(C)c1=O. The van der Waals surface area contributed by atoms with Crippen LogP contribution >= 0.6 is 0 Å². The summed E-state index contributed by atoms with van der Waals surface area (Å²) >= 11 is 0. The molecule has 1 atom stereocenters. The minimum absolute atomic E-state index is 0.0216. The normalized spacial score (nSPS) is 17.3. The summed E-state index contributed by atoms with van der Waals surface area (Å²) in [6, 6.07) is 0. The standard InChI is InChI=1S/C16H21N5O4/c1-3-24-13-12(15(22)19-11-8-18-25-9-11)20-14(21(2)16(13)23)10-5-4-6-17-7-10/h8-10,17H,3-7H2,1-2H3,(H,19,22)/t10-/m1/s1. The number of hydrogen-bond acceptors (Lipinski definition) is 7. The Morgan fingerprint density at radius 3 is 3.04 bits per heavy atom. The second kappa shape index (κ2) is 7.47. The van der Waals surface area contributed by atoms with Gasteiger partial charge in [0.1, 0.15) is 17.8 Å². The van der Waals surface area contributed by atoms with Gasteiger partial charge in [0.15, 0.2) is 5.69 Å². The van der Waals surface area contributed by atoms with Gasteiger partial charge in [-0.2, -0.15) is 0 Å². The van der Waals surface area contributed by atoms with Crippen molar-refractivity contribution in [3.05, 3.63) is 34.3 Å². The van der Waals surface area contributed by atoms with Crippen LogP contribution in [0.25, 0.3) is 0 Å². The first-order chi connectivity index (χ1) is 12.1. The van der Waals surface area contributed by atoms with Gasteiger partial charge >= 0.3 is 0 Å². The maximum atomic E-state index is 12.7. The van der Waals surface area contributed by atoms with E-state index >= 15 is 0 Å². The maximum Gasteiger partial charge on any atom is 0.296 e. The van der Waals surface area contributed by atoms with Crippen molar-refractivity contribution < 1.29 is 14.1 Å².